The molecular weight excluding hydrogens is 262 g/mol. The minimum absolute atomic E-state index is 0. The van der Waals surface area contributed by atoms with Crippen LogP contribution in [0, 0.1) is 5.92 Å². The maximum Gasteiger partial charge on any atom is 0.306 e. The summed E-state index contributed by atoms with van der Waals surface area (Å²) in [5.41, 5.74) is 0. The van der Waals surface area contributed by atoms with Gasteiger partial charge in [0.2, 0.25) is 0 Å². The number of piperidine rings is 1. The van der Waals surface area contributed by atoms with Crippen LogP contribution in [0.3, 0.4) is 0 Å². The van der Waals surface area contributed by atoms with E-state index in [1.54, 1.807) is 11.3 Å². The molecule has 2 heterocycles. The summed E-state index contributed by atoms with van der Waals surface area (Å²) < 4.78 is 0. The molecule has 0 saturated carbocycles. The van der Waals surface area contributed by atoms with Crippen molar-refractivity contribution in [3.63, 3.8) is 0 Å². The van der Waals surface area contributed by atoms with E-state index in [9.17, 15) is 4.79 Å². The van der Waals surface area contributed by atoms with Crippen LogP contribution in [0.5, 0.6) is 0 Å². The molecule has 0 unspecified atom stereocenters. The molecule has 98 valence electrons. The van der Waals surface area contributed by atoms with Gasteiger partial charge >= 0.3 is 5.97 Å². The SMILES string of the molecule is Cl.O.O=C(O)C1CCN(Cc2cccs2)CC1. The molecule has 0 radical (unpaired) electrons. The van der Waals surface area contributed by atoms with Gasteiger partial charge in [0.25, 0.3) is 0 Å². The molecule has 0 aromatic carbocycles. The Balaban J connectivity index is 0.00000128. The lowest BCUT2D eigenvalue weighted by molar-refractivity contribution is -0.143. The number of carbonyl (C=O) groups is 1. The number of likely N-dealkylation sites (tertiary alicyclic amines) is 1. The van der Waals surface area contributed by atoms with E-state index in [-0.39, 0.29) is 23.8 Å². The summed E-state index contributed by atoms with van der Waals surface area (Å²) in [7, 11) is 0. The van der Waals surface area contributed by atoms with Crippen LogP contribution in [0.4, 0.5) is 0 Å². The highest BCUT2D eigenvalue weighted by atomic mass is 35.5. The molecule has 0 spiro atoms. The first-order chi connectivity index (χ1) is 7.25. The van der Waals surface area contributed by atoms with Crippen LogP contribution in [0.1, 0.15) is 17.7 Å². The van der Waals surface area contributed by atoms with E-state index >= 15 is 0 Å². The fraction of sp³-hybridized carbons (Fsp3) is 0.545. The van der Waals surface area contributed by atoms with Gasteiger partial charge in [0.05, 0.1) is 5.92 Å². The summed E-state index contributed by atoms with van der Waals surface area (Å²) in [6, 6.07) is 4.19. The largest absolute Gasteiger partial charge is 0.481 e. The van der Waals surface area contributed by atoms with Crippen molar-refractivity contribution in [2.45, 2.75) is 19.4 Å². The Morgan fingerprint density at radius 1 is 1.47 bits per heavy atom. The van der Waals surface area contributed by atoms with Crippen molar-refractivity contribution in [2.75, 3.05) is 13.1 Å². The summed E-state index contributed by atoms with van der Waals surface area (Å²) in [6.45, 7) is 2.80. The molecule has 17 heavy (non-hydrogen) atoms. The lowest BCUT2D eigenvalue weighted by Crippen LogP contribution is -2.35. The number of hydrogen-bond acceptors (Lipinski definition) is 3. The molecule has 1 aromatic rings. The first kappa shape index (κ1) is 16.4. The summed E-state index contributed by atoms with van der Waals surface area (Å²) in [6.07, 6.45) is 1.58. The van der Waals surface area contributed by atoms with Gasteiger partial charge in [-0.2, -0.15) is 0 Å². The first-order valence-electron chi connectivity index (χ1n) is 5.23. The van der Waals surface area contributed by atoms with Crippen molar-refractivity contribution in [3.05, 3.63) is 22.4 Å². The Morgan fingerprint density at radius 2 is 2.12 bits per heavy atom. The molecule has 0 amide bonds. The first-order valence-corrected chi connectivity index (χ1v) is 6.11. The quantitative estimate of drug-likeness (QED) is 0.914. The second-order valence-electron chi connectivity index (χ2n) is 3.97. The van der Waals surface area contributed by atoms with Crippen LogP contribution in [-0.2, 0) is 11.3 Å². The fourth-order valence-electron chi connectivity index (χ4n) is 1.96. The van der Waals surface area contributed by atoms with Crippen LogP contribution >= 0.6 is 23.7 Å². The van der Waals surface area contributed by atoms with Crippen molar-refractivity contribution in [1.29, 1.82) is 0 Å². The van der Waals surface area contributed by atoms with E-state index in [0.717, 1.165) is 32.5 Å². The van der Waals surface area contributed by atoms with Crippen LogP contribution in [-0.4, -0.2) is 34.5 Å². The zero-order valence-electron chi connectivity index (χ0n) is 9.46. The second kappa shape index (κ2) is 7.66. The molecule has 1 aromatic heterocycles. The Morgan fingerprint density at radius 3 is 2.59 bits per heavy atom. The minimum Gasteiger partial charge on any atom is -0.481 e. The van der Waals surface area contributed by atoms with Gasteiger partial charge in [0, 0.05) is 11.4 Å². The van der Waals surface area contributed by atoms with Crippen molar-refractivity contribution in [3.8, 4) is 0 Å². The number of hydrogen-bond donors (Lipinski definition) is 1. The normalized spacial score (nSPS) is 16.9. The zero-order valence-corrected chi connectivity index (χ0v) is 11.1. The minimum atomic E-state index is -0.634. The standard InChI is InChI=1S/C11H15NO2S.ClH.H2O/c13-11(14)9-3-5-12(6-4-9)8-10-2-1-7-15-10;;/h1-2,7,9H,3-6,8H2,(H,13,14);1H;1H2. The van der Waals surface area contributed by atoms with E-state index in [0.29, 0.717) is 0 Å². The molecule has 1 fully saturated rings. The van der Waals surface area contributed by atoms with Gasteiger partial charge in [0.1, 0.15) is 0 Å². The predicted octanol–water partition coefficient (Wildman–Crippen LogP) is 1.64. The number of carboxylic acid groups (broad SMARTS) is 1. The molecule has 4 nitrogen and oxygen atoms in total. The Kier molecular flexibility index (Phi) is 7.38. The molecule has 1 aliphatic rings. The van der Waals surface area contributed by atoms with Crippen LogP contribution < -0.4 is 0 Å². The Hall–Kier alpha value is -0.620. The van der Waals surface area contributed by atoms with Crippen LogP contribution in [0.15, 0.2) is 17.5 Å². The van der Waals surface area contributed by atoms with Crippen molar-refractivity contribution in [2.24, 2.45) is 5.92 Å². The summed E-state index contributed by atoms with van der Waals surface area (Å²) in [4.78, 5) is 14.5. The number of carboxylic acids is 1. The highest BCUT2D eigenvalue weighted by Crippen LogP contribution is 2.20. The van der Waals surface area contributed by atoms with Gasteiger partial charge in [-0.25, -0.2) is 0 Å². The number of aliphatic carboxylic acids is 1. The van der Waals surface area contributed by atoms with Gasteiger partial charge in [-0.1, -0.05) is 6.07 Å². The second-order valence-corrected chi connectivity index (χ2v) is 5.00. The molecule has 6 heteroatoms. The number of thiophene rings is 1. The molecule has 0 atom stereocenters. The number of halogens is 1. The topological polar surface area (TPSA) is 72.0 Å². The fourth-order valence-corrected chi connectivity index (χ4v) is 2.71. The number of rotatable bonds is 3. The maximum absolute atomic E-state index is 10.8. The van der Waals surface area contributed by atoms with E-state index in [2.05, 4.69) is 22.4 Å². The Bertz CT molecular complexity index is 323. The molecule has 1 aliphatic heterocycles. The van der Waals surface area contributed by atoms with E-state index < -0.39 is 5.97 Å². The van der Waals surface area contributed by atoms with E-state index in [1.807, 2.05) is 0 Å². The third-order valence-corrected chi connectivity index (χ3v) is 3.76. The van der Waals surface area contributed by atoms with Crippen molar-refractivity contribution in [1.82, 2.24) is 4.90 Å². The molecule has 0 aliphatic carbocycles. The maximum atomic E-state index is 10.8. The van der Waals surface area contributed by atoms with Crippen LogP contribution in [0.2, 0.25) is 0 Å². The predicted molar refractivity (Wildman–Crippen MR) is 70.8 cm³/mol. The van der Waals surface area contributed by atoms with E-state index in [4.69, 9.17) is 5.11 Å². The van der Waals surface area contributed by atoms with Gasteiger partial charge < -0.3 is 10.6 Å². The third kappa shape index (κ3) is 4.63. The summed E-state index contributed by atoms with van der Waals surface area (Å²) >= 11 is 1.77. The lowest BCUT2D eigenvalue weighted by atomic mass is 9.97. The number of nitrogens with zero attached hydrogens (tertiary/aromatic N) is 1. The van der Waals surface area contributed by atoms with Crippen LogP contribution in [0.25, 0.3) is 0 Å². The lowest BCUT2D eigenvalue weighted by Gasteiger charge is -2.29. The molecule has 2 rings (SSSR count). The van der Waals surface area contributed by atoms with Crippen molar-refractivity contribution < 1.29 is 15.4 Å². The average molecular weight is 280 g/mol. The van der Waals surface area contributed by atoms with Crippen molar-refractivity contribution >= 4 is 29.7 Å². The summed E-state index contributed by atoms with van der Waals surface area (Å²) in [5, 5.41) is 10.9. The highest BCUT2D eigenvalue weighted by molar-refractivity contribution is 7.09. The Labute approximate surface area is 111 Å². The van der Waals surface area contributed by atoms with Gasteiger partial charge in [-0.15, -0.1) is 23.7 Å². The molecule has 1 saturated heterocycles. The smallest absolute Gasteiger partial charge is 0.306 e. The summed E-state index contributed by atoms with van der Waals surface area (Å²) in [5.74, 6) is -0.754. The van der Waals surface area contributed by atoms with Gasteiger partial charge in [-0.05, 0) is 37.4 Å². The highest BCUT2D eigenvalue weighted by Gasteiger charge is 2.24. The molecule has 3 N–H and O–H groups in total. The molecular formula is C11H18ClNO3S. The average Bonchev–Trinajstić information content (AvgIpc) is 2.71. The third-order valence-electron chi connectivity index (χ3n) is 2.90. The van der Waals surface area contributed by atoms with Gasteiger partial charge in [0.15, 0.2) is 0 Å². The van der Waals surface area contributed by atoms with Gasteiger partial charge in [-0.3, -0.25) is 9.69 Å². The zero-order chi connectivity index (χ0) is 10.7. The van der Waals surface area contributed by atoms with E-state index in [1.165, 1.54) is 4.88 Å². The molecule has 0 bridgehead atoms. The monoisotopic (exact) mass is 279 g/mol.